The van der Waals surface area contributed by atoms with Crippen LogP contribution in [0.4, 0.5) is 17.2 Å². The first kappa shape index (κ1) is 13.8. The van der Waals surface area contributed by atoms with Crippen LogP contribution in [-0.2, 0) is 0 Å². The van der Waals surface area contributed by atoms with Crippen molar-refractivity contribution in [3.63, 3.8) is 0 Å². The maximum absolute atomic E-state index is 12.3. The summed E-state index contributed by atoms with van der Waals surface area (Å²) in [6.45, 7) is 0. The summed E-state index contributed by atoms with van der Waals surface area (Å²) in [6.07, 6.45) is 3.12. The number of nitrogens with one attached hydrogen (secondary N) is 2. The number of rotatable bonds is 4. The van der Waals surface area contributed by atoms with E-state index in [2.05, 4.69) is 20.6 Å². The zero-order valence-electron chi connectivity index (χ0n) is 11.7. The van der Waals surface area contributed by atoms with Gasteiger partial charge in [0, 0.05) is 23.1 Å². The van der Waals surface area contributed by atoms with Crippen molar-refractivity contribution < 1.29 is 4.79 Å². The Hall–Kier alpha value is -3.21. The Balaban J connectivity index is 1.75. The van der Waals surface area contributed by atoms with Crippen LogP contribution in [0.5, 0.6) is 0 Å². The summed E-state index contributed by atoms with van der Waals surface area (Å²) >= 11 is 0. The molecule has 0 aliphatic carbocycles. The van der Waals surface area contributed by atoms with E-state index in [1.807, 2.05) is 42.5 Å². The topological polar surface area (TPSA) is 66.9 Å². The van der Waals surface area contributed by atoms with Crippen LogP contribution in [0.25, 0.3) is 0 Å². The van der Waals surface area contributed by atoms with Crippen LogP contribution < -0.4 is 10.6 Å². The molecular weight excluding hydrogens is 276 g/mol. The molecule has 0 bridgehead atoms. The fourth-order valence-corrected chi connectivity index (χ4v) is 1.98. The van der Waals surface area contributed by atoms with Crippen LogP contribution in [0.3, 0.4) is 0 Å². The minimum absolute atomic E-state index is 0.155. The first-order chi connectivity index (χ1) is 10.8. The lowest BCUT2D eigenvalue weighted by molar-refractivity contribution is 0.102. The molecule has 2 N–H and O–H groups in total. The molecule has 1 amide bonds. The second-order valence-corrected chi connectivity index (χ2v) is 4.62. The molecule has 5 heteroatoms. The number of carbonyl (C=O) groups excluding carboxylic acids is 1. The molecule has 2 aromatic carbocycles. The molecular formula is C17H14N4O. The summed E-state index contributed by atoms with van der Waals surface area (Å²) < 4.78 is 0. The van der Waals surface area contributed by atoms with Crippen LogP contribution in [0.1, 0.15) is 10.4 Å². The summed E-state index contributed by atoms with van der Waals surface area (Å²) in [5.41, 5.74) is 2.13. The molecule has 0 spiro atoms. The lowest BCUT2D eigenvalue weighted by Crippen LogP contribution is -2.11. The van der Waals surface area contributed by atoms with Crippen LogP contribution >= 0.6 is 0 Å². The average molecular weight is 290 g/mol. The van der Waals surface area contributed by atoms with E-state index >= 15 is 0 Å². The van der Waals surface area contributed by atoms with Crippen molar-refractivity contribution in [2.45, 2.75) is 0 Å². The number of anilines is 3. The third-order valence-electron chi connectivity index (χ3n) is 3.01. The third-order valence-corrected chi connectivity index (χ3v) is 3.01. The fraction of sp³-hybridized carbons (Fsp3) is 0. The Bertz CT molecular complexity index is 760. The van der Waals surface area contributed by atoms with E-state index in [-0.39, 0.29) is 5.91 Å². The molecule has 0 saturated heterocycles. The number of carbonyl (C=O) groups is 1. The van der Waals surface area contributed by atoms with E-state index in [1.165, 1.54) is 6.33 Å². The molecule has 5 nitrogen and oxygen atoms in total. The summed E-state index contributed by atoms with van der Waals surface area (Å²) in [4.78, 5) is 20.2. The minimum atomic E-state index is -0.155. The van der Waals surface area contributed by atoms with E-state index in [9.17, 15) is 4.79 Å². The van der Waals surface area contributed by atoms with Crippen molar-refractivity contribution in [2.24, 2.45) is 0 Å². The lowest BCUT2D eigenvalue weighted by atomic mass is 10.2. The van der Waals surface area contributed by atoms with Crippen LogP contribution in [0.15, 0.2) is 73.2 Å². The van der Waals surface area contributed by atoms with E-state index in [4.69, 9.17) is 0 Å². The smallest absolute Gasteiger partial charge is 0.255 e. The van der Waals surface area contributed by atoms with Gasteiger partial charge in [0.05, 0.1) is 0 Å². The molecule has 1 aromatic heterocycles. The van der Waals surface area contributed by atoms with Gasteiger partial charge in [0.2, 0.25) is 0 Å². The first-order valence-corrected chi connectivity index (χ1v) is 6.81. The molecule has 22 heavy (non-hydrogen) atoms. The summed E-state index contributed by atoms with van der Waals surface area (Å²) in [5.74, 6) is 0.521. The highest BCUT2D eigenvalue weighted by Crippen LogP contribution is 2.16. The van der Waals surface area contributed by atoms with E-state index in [1.54, 1.807) is 24.4 Å². The van der Waals surface area contributed by atoms with Crippen molar-refractivity contribution >= 4 is 23.1 Å². The first-order valence-electron chi connectivity index (χ1n) is 6.81. The Morgan fingerprint density at radius 1 is 0.909 bits per heavy atom. The largest absolute Gasteiger partial charge is 0.340 e. The lowest BCUT2D eigenvalue weighted by Gasteiger charge is -2.08. The van der Waals surface area contributed by atoms with E-state index in [0.29, 0.717) is 11.4 Å². The predicted octanol–water partition coefficient (Wildman–Crippen LogP) is 3.47. The zero-order valence-corrected chi connectivity index (χ0v) is 11.7. The molecule has 0 aliphatic rings. The van der Waals surface area contributed by atoms with Gasteiger partial charge in [-0.1, -0.05) is 24.3 Å². The minimum Gasteiger partial charge on any atom is -0.340 e. The molecule has 0 radical (unpaired) electrons. The van der Waals surface area contributed by atoms with Gasteiger partial charge >= 0.3 is 0 Å². The molecule has 1 heterocycles. The average Bonchev–Trinajstić information content (AvgIpc) is 2.57. The van der Waals surface area contributed by atoms with Crippen molar-refractivity contribution in [1.82, 2.24) is 9.97 Å². The Labute approximate surface area is 128 Å². The molecule has 0 fully saturated rings. The van der Waals surface area contributed by atoms with Gasteiger partial charge in [-0.2, -0.15) is 0 Å². The van der Waals surface area contributed by atoms with Crippen LogP contribution in [0.2, 0.25) is 0 Å². The molecule has 108 valence electrons. The summed E-state index contributed by atoms with van der Waals surface area (Å²) in [6, 6.07) is 18.4. The summed E-state index contributed by atoms with van der Waals surface area (Å²) in [5, 5.41) is 5.99. The third kappa shape index (κ3) is 3.46. The molecule has 3 rings (SSSR count). The molecule has 0 aliphatic heterocycles. The van der Waals surface area contributed by atoms with Crippen LogP contribution in [-0.4, -0.2) is 15.9 Å². The van der Waals surface area contributed by atoms with Gasteiger partial charge < -0.3 is 10.6 Å². The molecule has 3 aromatic rings. The van der Waals surface area contributed by atoms with Crippen molar-refractivity contribution in [2.75, 3.05) is 10.6 Å². The Morgan fingerprint density at radius 3 is 2.50 bits per heavy atom. The summed E-state index contributed by atoms with van der Waals surface area (Å²) in [7, 11) is 0. The van der Waals surface area contributed by atoms with Crippen molar-refractivity contribution in [3.8, 4) is 0 Å². The maximum atomic E-state index is 12.3. The van der Waals surface area contributed by atoms with Gasteiger partial charge in [-0.3, -0.25) is 4.79 Å². The number of para-hydroxylation sites is 1. The van der Waals surface area contributed by atoms with Crippen molar-refractivity contribution in [1.29, 1.82) is 0 Å². The second kappa shape index (κ2) is 6.49. The van der Waals surface area contributed by atoms with Gasteiger partial charge in [-0.25, -0.2) is 9.97 Å². The highest BCUT2D eigenvalue weighted by molar-refractivity contribution is 6.04. The van der Waals surface area contributed by atoms with E-state index < -0.39 is 0 Å². The van der Waals surface area contributed by atoms with Crippen LogP contribution in [0, 0.1) is 0 Å². The van der Waals surface area contributed by atoms with Gasteiger partial charge in [0.15, 0.2) is 0 Å². The zero-order chi connectivity index (χ0) is 15.2. The Kier molecular flexibility index (Phi) is 4.06. The number of hydrogen-bond acceptors (Lipinski definition) is 4. The SMILES string of the molecule is O=C(Nc1ccccc1)c1cccc(Nc2ccncn2)c1. The van der Waals surface area contributed by atoms with Crippen molar-refractivity contribution in [3.05, 3.63) is 78.8 Å². The predicted molar refractivity (Wildman–Crippen MR) is 86.2 cm³/mol. The quantitative estimate of drug-likeness (QED) is 0.772. The number of aromatic nitrogens is 2. The Morgan fingerprint density at radius 2 is 1.73 bits per heavy atom. The maximum Gasteiger partial charge on any atom is 0.255 e. The normalized spacial score (nSPS) is 10.0. The molecule has 0 atom stereocenters. The van der Waals surface area contributed by atoms with E-state index in [0.717, 1.165) is 11.4 Å². The number of nitrogens with zero attached hydrogens (tertiary/aromatic N) is 2. The molecule has 0 unspecified atom stereocenters. The monoisotopic (exact) mass is 290 g/mol. The number of amides is 1. The van der Waals surface area contributed by atoms with Gasteiger partial charge in [0.1, 0.15) is 12.1 Å². The highest BCUT2D eigenvalue weighted by atomic mass is 16.1. The van der Waals surface area contributed by atoms with Gasteiger partial charge in [0.25, 0.3) is 5.91 Å². The number of benzene rings is 2. The van der Waals surface area contributed by atoms with Gasteiger partial charge in [-0.15, -0.1) is 0 Å². The fourth-order valence-electron chi connectivity index (χ4n) is 1.98. The number of hydrogen-bond donors (Lipinski definition) is 2. The second-order valence-electron chi connectivity index (χ2n) is 4.62. The molecule has 0 saturated carbocycles. The van der Waals surface area contributed by atoms with Gasteiger partial charge in [-0.05, 0) is 36.4 Å². The standard InChI is InChI=1S/C17H14N4O/c22-17(21-14-6-2-1-3-7-14)13-5-4-8-15(11-13)20-16-9-10-18-12-19-16/h1-12H,(H,21,22)(H,18,19,20). The highest BCUT2D eigenvalue weighted by Gasteiger charge is 2.07.